The predicted octanol–water partition coefficient (Wildman–Crippen LogP) is 0.890. The quantitative estimate of drug-likeness (QED) is 0.459. The summed E-state index contributed by atoms with van der Waals surface area (Å²) in [6.07, 6.45) is 0. The van der Waals surface area contributed by atoms with Gasteiger partial charge in [0.15, 0.2) is 5.96 Å². The standard InChI is InChI=1S/C7H17N3.C2H7O3P/c1-6-10(5)7(8-2)9(3)4;1-2-5-6(3)4/h6H2,1-5H3;6H,2H2,1H3,(H,3,4). The fourth-order valence-corrected chi connectivity index (χ4v) is 1.22. The lowest BCUT2D eigenvalue weighted by molar-refractivity contribution is 0.297. The van der Waals surface area contributed by atoms with E-state index in [1.165, 1.54) is 0 Å². The summed E-state index contributed by atoms with van der Waals surface area (Å²) < 4.78 is 13.7. The van der Waals surface area contributed by atoms with Crippen molar-refractivity contribution in [2.45, 2.75) is 13.8 Å². The molecule has 0 bridgehead atoms. The molecule has 0 rings (SSSR count). The van der Waals surface area contributed by atoms with E-state index in [-0.39, 0.29) is 0 Å². The van der Waals surface area contributed by atoms with Gasteiger partial charge in [0.1, 0.15) is 0 Å². The molecule has 1 N–H and O–H groups in total. The van der Waals surface area contributed by atoms with E-state index in [2.05, 4.69) is 21.3 Å². The van der Waals surface area contributed by atoms with Gasteiger partial charge in [-0.3, -0.25) is 9.56 Å². The molecule has 0 saturated heterocycles. The first-order valence-corrected chi connectivity index (χ1v) is 6.37. The first-order chi connectivity index (χ1) is 7.40. The minimum atomic E-state index is -2.64. The zero-order valence-corrected chi connectivity index (χ0v) is 12.0. The van der Waals surface area contributed by atoms with E-state index in [0.29, 0.717) is 6.61 Å². The highest BCUT2D eigenvalue weighted by atomic mass is 31.1. The number of hydrogen-bond acceptors (Lipinski definition) is 3. The van der Waals surface area contributed by atoms with Crippen molar-refractivity contribution in [3.05, 3.63) is 0 Å². The Labute approximate surface area is 98.9 Å². The Morgan fingerprint density at radius 2 is 1.88 bits per heavy atom. The molecule has 0 aliphatic rings. The molecule has 0 radical (unpaired) electrons. The van der Waals surface area contributed by atoms with Gasteiger partial charge in [-0.05, 0) is 13.8 Å². The lowest BCUT2D eigenvalue weighted by atomic mass is 10.6. The van der Waals surface area contributed by atoms with Crippen molar-refractivity contribution < 1.29 is 14.0 Å². The second-order valence-electron chi connectivity index (χ2n) is 3.13. The van der Waals surface area contributed by atoms with Gasteiger partial charge in [0, 0.05) is 34.7 Å². The first-order valence-electron chi connectivity index (χ1n) is 5.11. The summed E-state index contributed by atoms with van der Waals surface area (Å²) in [5.41, 5.74) is 0. The molecule has 1 unspecified atom stereocenters. The van der Waals surface area contributed by atoms with E-state index in [0.717, 1.165) is 12.5 Å². The fourth-order valence-electron chi connectivity index (χ4n) is 0.977. The average Bonchev–Trinajstić information content (AvgIpc) is 2.18. The normalized spacial score (nSPS) is 12.6. The SMILES string of the molecule is CCN(C)C(=NC)N(C)C.CCO[PH](=O)O. The Kier molecular flexibility index (Phi) is 12.2. The van der Waals surface area contributed by atoms with Crippen LogP contribution in [0.2, 0.25) is 0 Å². The summed E-state index contributed by atoms with van der Waals surface area (Å²) in [6.45, 7) is 5.08. The van der Waals surface area contributed by atoms with Gasteiger partial charge in [-0.2, -0.15) is 0 Å². The second kappa shape index (κ2) is 10.9. The van der Waals surface area contributed by atoms with Crippen molar-refractivity contribution in [2.24, 2.45) is 4.99 Å². The van der Waals surface area contributed by atoms with E-state index >= 15 is 0 Å². The predicted molar refractivity (Wildman–Crippen MR) is 68.2 cm³/mol. The molecule has 0 aromatic rings. The molecule has 1 atom stereocenters. The first kappa shape index (κ1) is 17.8. The molecule has 7 heteroatoms. The number of hydrogen-bond donors (Lipinski definition) is 1. The largest absolute Gasteiger partial charge is 0.349 e. The summed E-state index contributed by atoms with van der Waals surface area (Å²) in [4.78, 5) is 16.1. The summed E-state index contributed by atoms with van der Waals surface area (Å²) in [5, 5.41) is 0. The maximum atomic E-state index is 9.56. The van der Waals surface area contributed by atoms with Crippen LogP contribution in [0.15, 0.2) is 4.99 Å². The zero-order chi connectivity index (χ0) is 13.1. The Morgan fingerprint density at radius 3 is 1.94 bits per heavy atom. The highest BCUT2D eigenvalue weighted by Gasteiger charge is 2.03. The van der Waals surface area contributed by atoms with Crippen LogP contribution in [0.4, 0.5) is 0 Å². The number of aliphatic imine (C=N–C) groups is 1. The molecule has 0 spiro atoms. The van der Waals surface area contributed by atoms with Gasteiger partial charge in [-0.25, -0.2) is 0 Å². The van der Waals surface area contributed by atoms with Gasteiger partial charge in [-0.1, -0.05) is 0 Å². The Hall–Kier alpha value is -0.580. The second-order valence-corrected chi connectivity index (χ2v) is 3.95. The molecule has 0 fully saturated rings. The van der Waals surface area contributed by atoms with Crippen molar-refractivity contribution in [1.29, 1.82) is 0 Å². The molecule has 0 aromatic carbocycles. The van der Waals surface area contributed by atoms with Crippen molar-refractivity contribution in [3.8, 4) is 0 Å². The minimum absolute atomic E-state index is 0.314. The van der Waals surface area contributed by atoms with Crippen molar-refractivity contribution >= 4 is 14.2 Å². The third-order valence-electron chi connectivity index (χ3n) is 1.68. The van der Waals surface area contributed by atoms with Crippen LogP contribution in [0, 0.1) is 0 Å². The number of guanidine groups is 1. The van der Waals surface area contributed by atoms with Gasteiger partial charge >= 0.3 is 8.25 Å². The summed E-state index contributed by atoms with van der Waals surface area (Å²) in [5.74, 6) is 1.02. The third-order valence-corrected chi connectivity index (χ3v) is 2.22. The molecular formula is C9H24N3O3P. The van der Waals surface area contributed by atoms with Gasteiger partial charge in [-0.15, -0.1) is 0 Å². The van der Waals surface area contributed by atoms with Crippen LogP contribution in [0.3, 0.4) is 0 Å². The fraction of sp³-hybridized carbons (Fsp3) is 0.889. The van der Waals surface area contributed by atoms with E-state index in [1.54, 1.807) is 6.92 Å². The molecule has 0 aromatic heterocycles. The van der Waals surface area contributed by atoms with E-state index < -0.39 is 8.25 Å². The highest BCUT2D eigenvalue weighted by molar-refractivity contribution is 7.32. The molecule has 0 aliphatic carbocycles. The lowest BCUT2D eigenvalue weighted by Crippen LogP contribution is -2.37. The molecular weight excluding hydrogens is 229 g/mol. The Morgan fingerprint density at radius 1 is 1.38 bits per heavy atom. The third kappa shape index (κ3) is 9.96. The summed E-state index contributed by atoms with van der Waals surface area (Å²) in [6, 6.07) is 0. The lowest BCUT2D eigenvalue weighted by Gasteiger charge is -2.24. The smallest absolute Gasteiger partial charge is 0.316 e. The Bertz CT molecular complexity index is 222. The van der Waals surface area contributed by atoms with Crippen LogP contribution in [-0.2, 0) is 9.09 Å². The molecule has 98 valence electrons. The maximum Gasteiger partial charge on any atom is 0.316 e. The molecule has 16 heavy (non-hydrogen) atoms. The summed E-state index contributed by atoms with van der Waals surface area (Å²) in [7, 11) is 5.19. The highest BCUT2D eigenvalue weighted by Crippen LogP contribution is 2.12. The number of rotatable bonds is 3. The summed E-state index contributed by atoms with van der Waals surface area (Å²) >= 11 is 0. The van der Waals surface area contributed by atoms with Crippen LogP contribution in [0.1, 0.15) is 13.8 Å². The van der Waals surface area contributed by atoms with Crippen LogP contribution in [-0.4, -0.2) is 62.0 Å². The Balaban J connectivity index is 0. The van der Waals surface area contributed by atoms with Gasteiger partial charge < -0.3 is 19.2 Å². The van der Waals surface area contributed by atoms with E-state index in [1.807, 2.05) is 33.1 Å². The van der Waals surface area contributed by atoms with E-state index in [9.17, 15) is 4.57 Å². The minimum Gasteiger partial charge on any atom is -0.349 e. The van der Waals surface area contributed by atoms with Crippen LogP contribution < -0.4 is 0 Å². The van der Waals surface area contributed by atoms with Crippen LogP contribution >= 0.6 is 8.25 Å². The molecule has 0 aliphatic heterocycles. The van der Waals surface area contributed by atoms with Crippen LogP contribution in [0.5, 0.6) is 0 Å². The monoisotopic (exact) mass is 253 g/mol. The maximum absolute atomic E-state index is 9.56. The zero-order valence-electron chi connectivity index (χ0n) is 11.0. The topological polar surface area (TPSA) is 65.4 Å². The van der Waals surface area contributed by atoms with E-state index in [4.69, 9.17) is 4.89 Å². The van der Waals surface area contributed by atoms with Gasteiger partial charge in [0.25, 0.3) is 0 Å². The molecule has 0 heterocycles. The number of nitrogens with zero attached hydrogens (tertiary/aromatic N) is 3. The molecule has 0 saturated carbocycles. The van der Waals surface area contributed by atoms with Crippen molar-refractivity contribution in [3.63, 3.8) is 0 Å². The van der Waals surface area contributed by atoms with Gasteiger partial charge in [0.2, 0.25) is 0 Å². The van der Waals surface area contributed by atoms with Gasteiger partial charge in [0.05, 0.1) is 6.61 Å². The molecule has 6 nitrogen and oxygen atoms in total. The van der Waals surface area contributed by atoms with Crippen LogP contribution in [0.25, 0.3) is 0 Å². The molecule has 0 amide bonds. The van der Waals surface area contributed by atoms with Crippen molar-refractivity contribution in [2.75, 3.05) is 41.3 Å². The van der Waals surface area contributed by atoms with Crippen molar-refractivity contribution in [1.82, 2.24) is 9.80 Å². The average molecular weight is 253 g/mol.